The average molecular weight is 406 g/mol. The van der Waals surface area contributed by atoms with E-state index in [4.69, 9.17) is 9.47 Å². The van der Waals surface area contributed by atoms with Crippen LogP contribution in [-0.2, 0) is 9.53 Å². The first-order valence-corrected chi connectivity index (χ1v) is 10.1. The number of hydrogen-bond donors (Lipinski definition) is 2. The lowest BCUT2D eigenvalue weighted by molar-refractivity contribution is -0.123. The predicted molar refractivity (Wildman–Crippen MR) is 114 cm³/mol. The molecule has 0 aromatic heterocycles. The van der Waals surface area contributed by atoms with E-state index in [2.05, 4.69) is 24.5 Å². The van der Waals surface area contributed by atoms with Crippen molar-refractivity contribution in [1.82, 2.24) is 10.2 Å². The van der Waals surface area contributed by atoms with Gasteiger partial charge in [0.05, 0.1) is 12.6 Å². The standard InChI is InChI=1S/C22H35N3O4/c1-14(2)25(8)13-19(26)24-17-12-22(6,7)28-18-10-9-15(11-16(17)18)23-20(27)29-21(3,4)5/h9-11,14,17H,12-13H2,1-8H3,(H,23,27)(H,24,26)/t17-/m0/s1. The maximum absolute atomic E-state index is 12.6. The van der Waals surface area contributed by atoms with Crippen LogP contribution in [0.25, 0.3) is 0 Å². The van der Waals surface area contributed by atoms with Gasteiger partial charge in [-0.05, 0) is 73.7 Å². The van der Waals surface area contributed by atoms with E-state index in [0.29, 0.717) is 24.4 Å². The third kappa shape index (κ3) is 6.92. The fraction of sp³-hybridized carbons (Fsp3) is 0.636. The molecule has 1 aromatic carbocycles. The molecule has 0 saturated carbocycles. The molecule has 2 rings (SSSR count). The highest BCUT2D eigenvalue weighted by molar-refractivity contribution is 5.85. The van der Waals surface area contributed by atoms with Crippen LogP contribution in [0.5, 0.6) is 5.75 Å². The van der Waals surface area contributed by atoms with Crippen molar-refractivity contribution in [3.63, 3.8) is 0 Å². The molecule has 7 heteroatoms. The van der Waals surface area contributed by atoms with Gasteiger partial charge < -0.3 is 14.8 Å². The number of fused-ring (bicyclic) bond motifs is 1. The van der Waals surface area contributed by atoms with Crippen molar-refractivity contribution in [2.75, 3.05) is 18.9 Å². The molecular weight excluding hydrogens is 370 g/mol. The van der Waals surface area contributed by atoms with E-state index in [-0.39, 0.29) is 18.0 Å². The lowest BCUT2D eigenvalue weighted by Gasteiger charge is -2.38. The van der Waals surface area contributed by atoms with Gasteiger partial charge in [-0.15, -0.1) is 0 Å². The molecule has 1 atom stereocenters. The van der Waals surface area contributed by atoms with Gasteiger partial charge in [-0.3, -0.25) is 15.0 Å². The van der Waals surface area contributed by atoms with Crippen LogP contribution >= 0.6 is 0 Å². The van der Waals surface area contributed by atoms with Crippen molar-refractivity contribution < 1.29 is 19.1 Å². The minimum absolute atomic E-state index is 0.0413. The first kappa shape index (κ1) is 23.0. The van der Waals surface area contributed by atoms with Crippen molar-refractivity contribution in [2.24, 2.45) is 0 Å². The Balaban J connectivity index is 2.20. The van der Waals surface area contributed by atoms with Crippen LogP contribution < -0.4 is 15.4 Å². The molecule has 0 aliphatic carbocycles. The lowest BCUT2D eigenvalue weighted by atomic mass is 9.89. The number of likely N-dealkylation sites (N-methyl/N-ethyl adjacent to an activating group) is 1. The Labute approximate surface area is 174 Å². The van der Waals surface area contributed by atoms with Crippen LogP contribution in [0.3, 0.4) is 0 Å². The Hall–Kier alpha value is -2.28. The number of carbonyl (C=O) groups is 2. The molecule has 1 aromatic rings. The monoisotopic (exact) mass is 405 g/mol. The summed E-state index contributed by atoms with van der Waals surface area (Å²) < 4.78 is 11.4. The zero-order valence-corrected chi connectivity index (χ0v) is 18.9. The van der Waals surface area contributed by atoms with Crippen molar-refractivity contribution in [3.05, 3.63) is 23.8 Å². The fourth-order valence-corrected chi connectivity index (χ4v) is 3.13. The quantitative estimate of drug-likeness (QED) is 0.771. The van der Waals surface area contributed by atoms with Crippen LogP contribution in [-0.4, -0.2) is 47.7 Å². The molecule has 0 radical (unpaired) electrons. The summed E-state index contributed by atoms with van der Waals surface area (Å²) in [6.45, 7) is 13.9. The zero-order valence-electron chi connectivity index (χ0n) is 18.9. The highest BCUT2D eigenvalue weighted by Crippen LogP contribution is 2.40. The van der Waals surface area contributed by atoms with Gasteiger partial charge in [-0.25, -0.2) is 4.79 Å². The molecule has 1 aliphatic rings. The van der Waals surface area contributed by atoms with Crippen LogP contribution in [0.4, 0.5) is 10.5 Å². The Morgan fingerprint density at radius 3 is 2.55 bits per heavy atom. The highest BCUT2D eigenvalue weighted by Gasteiger charge is 2.35. The van der Waals surface area contributed by atoms with E-state index in [1.54, 1.807) is 6.07 Å². The highest BCUT2D eigenvalue weighted by atomic mass is 16.6. The second kappa shape index (κ2) is 8.61. The summed E-state index contributed by atoms with van der Waals surface area (Å²) in [7, 11) is 1.93. The Morgan fingerprint density at radius 1 is 1.31 bits per heavy atom. The molecule has 0 saturated heterocycles. The van der Waals surface area contributed by atoms with E-state index in [1.165, 1.54) is 0 Å². The SMILES string of the molecule is CC(C)N(C)CC(=O)N[C@H]1CC(C)(C)Oc2ccc(NC(=O)OC(C)(C)C)cc21. The molecule has 0 unspecified atom stereocenters. The number of rotatable bonds is 5. The minimum Gasteiger partial charge on any atom is -0.487 e. The maximum atomic E-state index is 12.6. The van der Waals surface area contributed by atoms with Crippen molar-refractivity contribution in [3.8, 4) is 5.75 Å². The van der Waals surface area contributed by atoms with E-state index in [9.17, 15) is 9.59 Å². The number of anilines is 1. The van der Waals surface area contributed by atoms with E-state index in [1.807, 2.05) is 58.7 Å². The van der Waals surface area contributed by atoms with Gasteiger partial charge in [0.2, 0.25) is 5.91 Å². The Morgan fingerprint density at radius 2 is 1.97 bits per heavy atom. The molecule has 1 heterocycles. The normalized spacial score (nSPS) is 18.1. The molecule has 0 bridgehead atoms. The number of nitrogens with zero attached hydrogens (tertiary/aromatic N) is 1. The summed E-state index contributed by atoms with van der Waals surface area (Å²) in [6.07, 6.45) is 0.112. The number of benzene rings is 1. The molecule has 29 heavy (non-hydrogen) atoms. The van der Waals surface area contributed by atoms with Gasteiger partial charge in [-0.1, -0.05) is 0 Å². The van der Waals surface area contributed by atoms with E-state index < -0.39 is 17.3 Å². The van der Waals surface area contributed by atoms with Gasteiger partial charge in [0.1, 0.15) is 17.0 Å². The Bertz CT molecular complexity index is 753. The molecule has 162 valence electrons. The van der Waals surface area contributed by atoms with E-state index in [0.717, 1.165) is 5.56 Å². The second-order valence-corrected chi connectivity index (χ2v) is 9.57. The van der Waals surface area contributed by atoms with Gasteiger partial charge in [0.15, 0.2) is 0 Å². The van der Waals surface area contributed by atoms with Gasteiger partial charge >= 0.3 is 6.09 Å². The van der Waals surface area contributed by atoms with Crippen molar-refractivity contribution in [1.29, 1.82) is 0 Å². The third-order valence-corrected chi connectivity index (χ3v) is 4.72. The smallest absolute Gasteiger partial charge is 0.412 e. The molecule has 0 spiro atoms. The summed E-state index contributed by atoms with van der Waals surface area (Å²) in [5.74, 6) is 0.666. The number of nitrogens with one attached hydrogen (secondary N) is 2. The summed E-state index contributed by atoms with van der Waals surface area (Å²) >= 11 is 0. The maximum Gasteiger partial charge on any atom is 0.412 e. The fourth-order valence-electron chi connectivity index (χ4n) is 3.13. The first-order valence-electron chi connectivity index (χ1n) is 10.1. The topological polar surface area (TPSA) is 79.9 Å². The van der Waals surface area contributed by atoms with Gasteiger partial charge in [0.25, 0.3) is 0 Å². The summed E-state index contributed by atoms with van der Waals surface area (Å²) in [4.78, 5) is 26.7. The third-order valence-electron chi connectivity index (χ3n) is 4.72. The average Bonchev–Trinajstić information content (AvgIpc) is 2.52. The minimum atomic E-state index is -0.579. The van der Waals surface area contributed by atoms with Crippen molar-refractivity contribution in [2.45, 2.75) is 78.2 Å². The first-order chi connectivity index (χ1) is 13.3. The number of ether oxygens (including phenoxy) is 2. The van der Waals surface area contributed by atoms with Crippen LogP contribution in [0.2, 0.25) is 0 Å². The largest absolute Gasteiger partial charge is 0.487 e. The van der Waals surface area contributed by atoms with Crippen LogP contribution in [0, 0.1) is 0 Å². The summed E-state index contributed by atoms with van der Waals surface area (Å²) in [6, 6.07) is 5.51. The van der Waals surface area contributed by atoms with Crippen molar-refractivity contribution >= 4 is 17.7 Å². The number of hydrogen-bond acceptors (Lipinski definition) is 5. The van der Waals surface area contributed by atoms with Crippen LogP contribution in [0.1, 0.15) is 66.5 Å². The Kier molecular flexibility index (Phi) is 6.83. The molecule has 1 aliphatic heterocycles. The lowest BCUT2D eigenvalue weighted by Crippen LogP contribution is -2.44. The summed E-state index contributed by atoms with van der Waals surface area (Å²) in [5, 5.41) is 5.88. The van der Waals surface area contributed by atoms with Crippen LogP contribution in [0.15, 0.2) is 18.2 Å². The number of carbonyl (C=O) groups excluding carboxylic acids is 2. The number of amides is 2. The van der Waals surface area contributed by atoms with Gasteiger partial charge in [0, 0.05) is 23.7 Å². The molecular formula is C22H35N3O4. The van der Waals surface area contributed by atoms with E-state index >= 15 is 0 Å². The second-order valence-electron chi connectivity index (χ2n) is 9.57. The predicted octanol–water partition coefficient (Wildman–Crippen LogP) is 4.09. The zero-order chi connectivity index (χ0) is 22.0. The summed E-state index contributed by atoms with van der Waals surface area (Å²) in [5.41, 5.74) is 0.456. The molecule has 7 nitrogen and oxygen atoms in total. The molecule has 0 fully saturated rings. The molecule has 2 amide bonds. The van der Waals surface area contributed by atoms with Gasteiger partial charge in [-0.2, -0.15) is 0 Å². The molecule has 2 N–H and O–H groups in total.